The van der Waals surface area contributed by atoms with Crippen molar-refractivity contribution in [3.8, 4) is 0 Å². The van der Waals surface area contributed by atoms with Crippen LogP contribution in [0.1, 0.15) is 51.9 Å². The van der Waals surface area contributed by atoms with Gasteiger partial charge in [0.1, 0.15) is 5.54 Å². The molecule has 1 aliphatic heterocycles. The molecule has 0 bridgehead atoms. The summed E-state index contributed by atoms with van der Waals surface area (Å²) in [5, 5.41) is 15.9. The predicted octanol–water partition coefficient (Wildman–Crippen LogP) is 1.75. The molecule has 4 heteroatoms. The van der Waals surface area contributed by atoms with Gasteiger partial charge in [-0.1, -0.05) is 19.8 Å². The van der Waals surface area contributed by atoms with Crippen molar-refractivity contribution in [2.45, 2.75) is 63.5 Å². The van der Waals surface area contributed by atoms with Crippen molar-refractivity contribution in [2.75, 3.05) is 13.6 Å². The molecule has 0 aromatic heterocycles. The lowest BCUT2D eigenvalue weighted by Gasteiger charge is -2.30. The average molecular weight is 242 g/mol. The van der Waals surface area contributed by atoms with Gasteiger partial charge in [0, 0.05) is 6.04 Å². The van der Waals surface area contributed by atoms with Crippen LogP contribution in [-0.2, 0) is 4.79 Å². The molecule has 0 aliphatic carbocycles. The van der Waals surface area contributed by atoms with E-state index in [4.69, 9.17) is 0 Å². The first-order chi connectivity index (χ1) is 8.14. The molecule has 1 aliphatic rings. The third-order valence-corrected chi connectivity index (χ3v) is 3.93. The summed E-state index contributed by atoms with van der Waals surface area (Å²) in [4.78, 5) is 11.5. The zero-order chi connectivity index (χ0) is 12.7. The summed E-state index contributed by atoms with van der Waals surface area (Å²) in [5.41, 5.74) is -0.722. The molecule has 1 rings (SSSR count). The van der Waals surface area contributed by atoms with E-state index in [1.54, 1.807) is 7.05 Å². The molecule has 17 heavy (non-hydrogen) atoms. The number of aliphatic carboxylic acids is 1. The third-order valence-electron chi connectivity index (χ3n) is 3.93. The summed E-state index contributed by atoms with van der Waals surface area (Å²) in [7, 11) is 1.77. The van der Waals surface area contributed by atoms with Crippen LogP contribution in [-0.4, -0.2) is 36.2 Å². The van der Waals surface area contributed by atoms with E-state index in [9.17, 15) is 9.90 Å². The molecular formula is C13H26N2O2. The van der Waals surface area contributed by atoms with Crippen LogP contribution in [0.4, 0.5) is 0 Å². The Morgan fingerprint density at radius 1 is 1.53 bits per heavy atom. The maximum absolute atomic E-state index is 11.5. The van der Waals surface area contributed by atoms with Crippen molar-refractivity contribution in [1.29, 1.82) is 0 Å². The highest BCUT2D eigenvalue weighted by atomic mass is 16.4. The van der Waals surface area contributed by atoms with E-state index in [-0.39, 0.29) is 0 Å². The first-order valence-electron chi connectivity index (χ1n) is 6.80. The second kappa shape index (κ2) is 6.97. The second-order valence-corrected chi connectivity index (χ2v) is 5.07. The van der Waals surface area contributed by atoms with Gasteiger partial charge in [0.05, 0.1) is 0 Å². The lowest BCUT2D eigenvalue weighted by molar-refractivity contribution is -0.145. The Morgan fingerprint density at radius 3 is 2.76 bits per heavy atom. The molecule has 1 unspecified atom stereocenters. The first kappa shape index (κ1) is 14.5. The molecule has 0 aromatic rings. The Balaban J connectivity index is 2.51. The highest BCUT2D eigenvalue weighted by molar-refractivity contribution is 5.78. The summed E-state index contributed by atoms with van der Waals surface area (Å²) in [6, 6.07) is 0.517. The van der Waals surface area contributed by atoms with Gasteiger partial charge in [-0.15, -0.1) is 0 Å². The molecular weight excluding hydrogens is 216 g/mol. The minimum Gasteiger partial charge on any atom is -0.480 e. The van der Waals surface area contributed by atoms with Crippen LogP contribution >= 0.6 is 0 Å². The minimum atomic E-state index is -0.722. The summed E-state index contributed by atoms with van der Waals surface area (Å²) < 4.78 is 0. The summed E-state index contributed by atoms with van der Waals surface area (Å²) in [5.74, 6) is -0.702. The minimum absolute atomic E-state index is 0.517. The van der Waals surface area contributed by atoms with Gasteiger partial charge < -0.3 is 15.7 Å². The van der Waals surface area contributed by atoms with Gasteiger partial charge >= 0.3 is 5.97 Å². The SMILES string of the molecule is CCCCC(CC[C@@H]1CCCN1)(NC)C(=O)O. The van der Waals surface area contributed by atoms with Gasteiger partial charge in [0.2, 0.25) is 0 Å². The van der Waals surface area contributed by atoms with E-state index in [0.29, 0.717) is 6.04 Å². The monoisotopic (exact) mass is 242 g/mol. The molecule has 0 aromatic carbocycles. The van der Waals surface area contributed by atoms with Gasteiger partial charge in [-0.25, -0.2) is 0 Å². The number of hydrogen-bond acceptors (Lipinski definition) is 3. The van der Waals surface area contributed by atoms with E-state index in [0.717, 1.165) is 38.6 Å². The van der Waals surface area contributed by atoms with Gasteiger partial charge in [0.15, 0.2) is 0 Å². The second-order valence-electron chi connectivity index (χ2n) is 5.07. The molecule has 100 valence electrons. The van der Waals surface area contributed by atoms with Gasteiger partial charge in [0.25, 0.3) is 0 Å². The maximum atomic E-state index is 11.5. The molecule has 2 atom stereocenters. The lowest BCUT2D eigenvalue weighted by atomic mass is 9.86. The summed E-state index contributed by atoms with van der Waals surface area (Å²) >= 11 is 0. The number of likely N-dealkylation sites (N-methyl/N-ethyl adjacent to an activating group) is 1. The van der Waals surface area contributed by atoms with E-state index in [2.05, 4.69) is 17.6 Å². The molecule has 1 saturated heterocycles. The number of carboxylic acid groups (broad SMARTS) is 1. The number of carbonyl (C=O) groups is 1. The normalized spacial score (nSPS) is 23.5. The van der Waals surface area contributed by atoms with E-state index in [1.165, 1.54) is 12.8 Å². The highest BCUT2D eigenvalue weighted by Crippen LogP contribution is 2.23. The molecule has 1 fully saturated rings. The zero-order valence-corrected chi connectivity index (χ0v) is 11.1. The van der Waals surface area contributed by atoms with Crippen molar-refractivity contribution in [2.24, 2.45) is 0 Å². The topological polar surface area (TPSA) is 61.4 Å². The molecule has 0 saturated carbocycles. The number of hydrogen-bond donors (Lipinski definition) is 3. The fourth-order valence-electron chi connectivity index (χ4n) is 2.60. The van der Waals surface area contributed by atoms with E-state index < -0.39 is 11.5 Å². The Kier molecular flexibility index (Phi) is 5.92. The van der Waals surface area contributed by atoms with Crippen molar-refractivity contribution in [3.63, 3.8) is 0 Å². The quantitative estimate of drug-likeness (QED) is 0.607. The lowest BCUT2D eigenvalue weighted by Crippen LogP contribution is -2.51. The molecule has 4 nitrogen and oxygen atoms in total. The Morgan fingerprint density at radius 2 is 2.29 bits per heavy atom. The summed E-state index contributed by atoms with van der Waals surface area (Å²) in [6.45, 7) is 3.18. The van der Waals surface area contributed by atoms with Crippen LogP contribution < -0.4 is 10.6 Å². The van der Waals surface area contributed by atoms with Crippen LogP contribution in [0.2, 0.25) is 0 Å². The van der Waals surface area contributed by atoms with Crippen LogP contribution in [0.3, 0.4) is 0 Å². The zero-order valence-electron chi connectivity index (χ0n) is 11.1. The average Bonchev–Trinajstić information content (AvgIpc) is 2.82. The Hall–Kier alpha value is -0.610. The number of carboxylic acids is 1. The highest BCUT2D eigenvalue weighted by Gasteiger charge is 2.36. The number of unbranched alkanes of at least 4 members (excludes halogenated alkanes) is 1. The largest absolute Gasteiger partial charge is 0.480 e. The number of nitrogens with one attached hydrogen (secondary N) is 2. The fraction of sp³-hybridized carbons (Fsp3) is 0.923. The van der Waals surface area contributed by atoms with Crippen LogP contribution in [0, 0.1) is 0 Å². The Labute approximate surface area is 104 Å². The van der Waals surface area contributed by atoms with Crippen molar-refractivity contribution in [3.05, 3.63) is 0 Å². The first-order valence-corrected chi connectivity index (χ1v) is 6.80. The van der Waals surface area contributed by atoms with E-state index in [1.807, 2.05) is 0 Å². The van der Waals surface area contributed by atoms with Crippen LogP contribution in [0.5, 0.6) is 0 Å². The fourth-order valence-corrected chi connectivity index (χ4v) is 2.60. The van der Waals surface area contributed by atoms with Crippen molar-refractivity contribution in [1.82, 2.24) is 10.6 Å². The maximum Gasteiger partial charge on any atom is 0.323 e. The third kappa shape index (κ3) is 3.96. The van der Waals surface area contributed by atoms with Gasteiger partial charge in [-0.05, 0) is 45.7 Å². The van der Waals surface area contributed by atoms with Gasteiger partial charge in [-0.2, -0.15) is 0 Å². The number of rotatable bonds is 8. The smallest absolute Gasteiger partial charge is 0.323 e. The van der Waals surface area contributed by atoms with Crippen molar-refractivity contribution >= 4 is 5.97 Å². The van der Waals surface area contributed by atoms with Crippen LogP contribution in [0.25, 0.3) is 0 Å². The summed E-state index contributed by atoms with van der Waals surface area (Å²) in [6.07, 6.45) is 6.81. The molecule has 3 N–H and O–H groups in total. The predicted molar refractivity (Wildman–Crippen MR) is 69.2 cm³/mol. The van der Waals surface area contributed by atoms with Gasteiger partial charge in [-0.3, -0.25) is 4.79 Å². The Bertz CT molecular complexity index is 240. The molecule has 0 radical (unpaired) electrons. The molecule has 0 amide bonds. The standard InChI is InChI=1S/C13H26N2O2/c1-3-4-8-13(14-2,12(16)17)9-7-11-6-5-10-15-11/h11,14-15H,3-10H2,1-2H3,(H,16,17)/t11-,13?/m0/s1. The van der Waals surface area contributed by atoms with Crippen LogP contribution in [0.15, 0.2) is 0 Å². The molecule has 1 heterocycles. The molecule has 0 spiro atoms. The van der Waals surface area contributed by atoms with E-state index >= 15 is 0 Å². The van der Waals surface area contributed by atoms with Crippen molar-refractivity contribution < 1.29 is 9.90 Å².